The molecule has 0 atom stereocenters. The molecule has 0 aliphatic heterocycles. The number of nitrogens with two attached hydrogens (primary N) is 1. The second kappa shape index (κ2) is 2.30. The SMILES string of the molecule is N=c1ncnc2cccc(N)n12. The number of nitrogens with zero attached hydrogens (tertiary/aromatic N) is 3. The predicted molar refractivity (Wildman–Crippen MR) is 43.3 cm³/mol. The normalized spacial score (nSPS) is 10.3. The van der Waals surface area contributed by atoms with Crippen LogP contribution in [0.1, 0.15) is 0 Å². The van der Waals surface area contributed by atoms with Crippen LogP contribution < -0.4 is 11.4 Å². The van der Waals surface area contributed by atoms with Crippen molar-refractivity contribution in [2.24, 2.45) is 0 Å². The zero-order valence-corrected chi connectivity index (χ0v) is 6.23. The van der Waals surface area contributed by atoms with Crippen molar-refractivity contribution in [1.29, 1.82) is 5.41 Å². The molecule has 0 spiro atoms. The number of hydrogen-bond donors (Lipinski definition) is 2. The quantitative estimate of drug-likeness (QED) is 0.561. The van der Waals surface area contributed by atoms with Gasteiger partial charge in [0.05, 0.1) is 0 Å². The Morgan fingerprint density at radius 2 is 2.17 bits per heavy atom. The summed E-state index contributed by atoms with van der Waals surface area (Å²) in [6.07, 6.45) is 1.34. The Kier molecular flexibility index (Phi) is 1.30. The molecular weight excluding hydrogens is 154 g/mol. The molecule has 5 heteroatoms. The van der Waals surface area contributed by atoms with Gasteiger partial charge in [-0.1, -0.05) is 6.07 Å². The van der Waals surface area contributed by atoms with Gasteiger partial charge in [0, 0.05) is 0 Å². The molecule has 0 saturated heterocycles. The molecule has 0 aliphatic rings. The van der Waals surface area contributed by atoms with Gasteiger partial charge < -0.3 is 5.73 Å². The van der Waals surface area contributed by atoms with E-state index in [1.54, 1.807) is 18.2 Å². The molecule has 60 valence electrons. The van der Waals surface area contributed by atoms with Crippen molar-refractivity contribution in [2.45, 2.75) is 0 Å². The van der Waals surface area contributed by atoms with Gasteiger partial charge in [0.15, 0.2) is 0 Å². The molecule has 0 fully saturated rings. The molecule has 0 unspecified atom stereocenters. The number of rotatable bonds is 0. The number of fused-ring (bicyclic) bond motifs is 1. The van der Waals surface area contributed by atoms with Gasteiger partial charge in [-0.25, -0.2) is 14.4 Å². The van der Waals surface area contributed by atoms with E-state index >= 15 is 0 Å². The summed E-state index contributed by atoms with van der Waals surface area (Å²) in [5.41, 5.74) is 6.35. The van der Waals surface area contributed by atoms with Crippen molar-refractivity contribution in [3.05, 3.63) is 30.1 Å². The van der Waals surface area contributed by atoms with Crippen LogP contribution in [-0.4, -0.2) is 14.4 Å². The van der Waals surface area contributed by atoms with Crippen LogP contribution in [0.5, 0.6) is 0 Å². The van der Waals surface area contributed by atoms with Crippen LogP contribution >= 0.6 is 0 Å². The molecule has 0 aliphatic carbocycles. The summed E-state index contributed by atoms with van der Waals surface area (Å²) in [6.45, 7) is 0. The molecule has 0 bridgehead atoms. The average molecular weight is 161 g/mol. The molecule has 5 nitrogen and oxygen atoms in total. The molecule has 0 amide bonds. The minimum atomic E-state index is 0.0955. The lowest BCUT2D eigenvalue weighted by Gasteiger charge is -2.01. The first-order chi connectivity index (χ1) is 5.79. The second-order valence-electron chi connectivity index (χ2n) is 2.34. The van der Waals surface area contributed by atoms with Crippen LogP contribution in [0.4, 0.5) is 5.82 Å². The van der Waals surface area contributed by atoms with Crippen molar-refractivity contribution in [2.75, 3.05) is 5.73 Å². The van der Waals surface area contributed by atoms with Crippen LogP contribution in [0.15, 0.2) is 24.5 Å². The fourth-order valence-electron chi connectivity index (χ4n) is 1.05. The van der Waals surface area contributed by atoms with E-state index in [4.69, 9.17) is 11.1 Å². The fraction of sp³-hybridized carbons (Fsp3) is 0. The van der Waals surface area contributed by atoms with Crippen molar-refractivity contribution in [3.63, 3.8) is 0 Å². The first-order valence-electron chi connectivity index (χ1n) is 3.42. The minimum Gasteiger partial charge on any atom is -0.385 e. The molecule has 3 N–H and O–H groups in total. The van der Waals surface area contributed by atoms with E-state index in [0.717, 1.165) is 0 Å². The predicted octanol–water partition coefficient (Wildman–Crippen LogP) is -0.209. The monoisotopic (exact) mass is 161 g/mol. The van der Waals surface area contributed by atoms with Gasteiger partial charge in [-0.15, -0.1) is 0 Å². The van der Waals surface area contributed by atoms with E-state index in [1.165, 1.54) is 10.7 Å². The lowest BCUT2D eigenvalue weighted by molar-refractivity contribution is 0.880. The standard InChI is InChI=1S/C7H7N5/c8-5-2-1-3-6-10-4-11-7(9)12(5)6/h1-4,9H,8H2. The van der Waals surface area contributed by atoms with Crippen molar-refractivity contribution < 1.29 is 0 Å². The average Bonchev–Trinajstić information content (AvgIpc) is 2.04. The van der Waals surface area contributed by atoms with Gasteiger partial charge in [0.2, 0.25) is 5.62 Å². The second-order valence-corrected chi connectivity index (χ2v) is 2.34. The van der Waals surface area contributed by atoms with Crippen LogP contribution in [0, 0.1) is 5.41 Å². The topological polar surface area (TPSA) is 80.1 Å². The molecule has 2 aromatic heterocycles. The third kappa shape index (κ3) is 0.833. The van der Waals surface area contributed by atoms with Crippen LogP contribution in [0.2, 0.25) is 0 Å². The van der Waals surface area contributed by atoms with Gasteiger partial charge in [0.1, 0.15) is 17.8 Å². The fourth-order valence-corrected chi connectivity index (χ4v) is 1.05. The first kappa shape index (κ1) is 6.78. The number of nitrogen functional groups attached to an aromatic ring is 1. The van der Waals surface area contributed by atoms with Crippen molar-refractivity contribution in [1.82, 2.24) is 14.4 Å². The summed E-state index contributed by atoms with van der Waals surface area (Å²) in [4.78, 5) is 7.66. The summed E-state index contributed by atoms with van der Waals surface area (Å²) < 4.78 is 1.47. The zero-order chi connectivity index (χ0) is 8.55. The van der Waals surface area contributed by atoms with E-state index in [2.05, 4.69) is 9.97 Å². The van der Waals surface area contributed by atoms with Crippen molar-refractivity contribution in [3.8, 4) is 0 Å². The minimum absolute atomic E-state index is 0.0955. The van der Waals surface area contributed by atoms with Crippen LogP contribution in [-0.2, 0) is 0 Å². The number of anilines is 1. The smallest absolute Gasteiger partial charge is 0.230 e. The largest absolute Gasteiger partial charge is 0.385 e. The van der Waals surface area contributed by atoms with E-state index in [9.17, 15) is 0 Å². The molecule has 2 rings (SSSR count). The number of hydrogen-bond acceptors (Lipinski definition) is 4. The summed E-state index contributed by atoms with van der Waals surface area (Å²) in [5.74, 6) is 0.470. The lowest BCUT2D eigenvalue weighted by Crippen LogP contribution is -2.19. The number of aromatic nitrogens is 3. The molecule has 0 radical (unpaired) electrons. The zero-order valence-electron chi connectivity index (χ0n) is 6.23. The summed E-state index contributed by atoms with van der Waals surface area (Å²) in [7, 11) is 0. The highest BCUT2D eigenvalue weighted by Crippen LogP contribution is 2.01. The van der Waals surface area contributed by atoms with Gasteiger partial charge in [0.25, 0.3) is 0 Å². The van der Waals surface area contributed by atoms with E-state index < -0.39 is 0 Å². The highest BCUT2D eigenvalue weighted by Gasteiger charge is 1.96. The Balaban J connectivity index is 3.07. The van der Waals surface area contributed by atoms with Crippen LogP contribution in [0.3, 0.4) is 0 Å². The Morgan fingerprint density at radius 1 is 1.33 bits per heavy atom. The van der Waals surface area contributed by atoms with Gasteiger partial charge in [-0.05, 0) is 12.1 Å². The van der Waals surface area contributed by atoms with E-state index in [-0.39, 0.29) is 5.62 Å². The molecule has 2 heterocycles. The highest BCUT2D eigenvalue weighted by atomic mass is 15.1. The maximum absolute atomic E-state index is 7.44. The summed E-state index contributed by atoms with van der Waals surface area (Å²) in [5, 5.41) is 7.44. The van der Waals surface area contributed by atoms with Gasteiger partial charge in [-0.2, -0.15) is 0 Å². The van der Waals surface area contributed by atoms with E-state index in [0.29, 0.717) is 11.5 Å². The molecule has 0 aromatic carbocycles. The molecule has 2 aromatic rings. The maximum atomic E-state index is 7.44. The lowest BCUT2D eigenvalue weighted by atomic mass is 10.4. The third-order valence-corrected chi connectivity index (χ3v) is 1.58. The highest BCUT2D eigenvalue weighted by molar-refractivity contribution is 5.45. The molecule has 0 saturated carbocycles. The van der Waals surface area contributed by atoms with Crippen molar-refractivity contribution >= 4 is 11.5 Å². The van der Waals surface area contributed by atoms with Gasteiger partial charge >= 0.3 is 0 Å². The third-order valence-electron chi connectivity index (χ3n) is 1.58. The summed E-state index contributed by atoms with van der Waals surface area (Å²) in [6, 6.07) is 5.27. The maximum Gasteiger partial charge on any atom is 0.230 e. The Bertz CT molecular complexity index is 467. The Labute approximate surface area is 68.0 Å². The number of nitrogens with one attached hydrogen (secondary N) is 1. The Morgan fingerprint density at radius 3 is 2.92 bits per heavy atom. The Hall–Kier alpha value is -1.91. The van der Waals surface area contributed by atoms with Gasteiger partial charge in [-0.3, -0.25) is 5.41 Å². The van der Waals surface area contributed by atoms with E-state index in [1.807, 2.05) is 0 Å². The molecular formula is C7H7N5. The summed E-state index contributed by atoms with van der Waals surface area (Å²) >= 11 is 0. The number of pyridine rings is 1. The first-order valence-corrected chi connectivity index (χ1v) is 3.42. The van der Waals surface area contributed by atoms with Crippen LogP contribution in [0.25, 0.3) is 5.65 Å². The molecule has 12 heavy (non-hydrogen) atoms.